The van der Waals surface area contributed by atoms with Gasteiger partial charge in [0.2, 0.25) is 0 Å². The van der Waals surface area contributed by atoms with Gasteiger partial charge in [0.25, 0.3) is 0 Å². The van der Waals surface area contributed by atoms with E-state index in [1.54, 1.807) is 0 Å². The summed E-state index contributed by atoms with van der Waals surface area (Å²) in [7, 11) is 0. The molecule has 2 heterocycles. The SMILES string of the molecule is Cc1cccc(C)c1-n1nnnc1C(c1cccc(Br)c1)N1CCN(C/C=C/c2ccccc2)CC1. The first-order chi connectivity index (χ1) is 17.6. The van der Waals surface area contributed by atoms with Gasteiger partial charge in [0, 0.05) is 37.2 Å². The normalized spacial score (nSPS) is 16.0. The highest BCUT2D eigenvalue weighted by molar-refractivity contribution is 9.10. The summed E-state index contributed by atoms with van der Waals surface area (Å²) < 4.78 is 2.99. The maximum Gasteiger partial charge on any atom is 0.178 e. The number of para-hydroxylation sites is 1. The Hall–Kier alpha value is -3.13. The van der Waals surface area contributed by atoms with Gasteiger partial charge in [0.1, 0.15) is 0 Å². The van der Waals surface area contributed by atoms with Crippen molar-refractivity contribution in [2.24, 2.45) is 0 Å². The lowest BCUT2D eigenvalue weighted by Gasteiger charge is -2.38. The first-order valence-corrected chi connectivity index (χ1v) is 13.2. The van der Waals surface area contributed by atoms with E-state index in [9.17, 15) is 0 Å². The third-order valence-corrected chi connectivity index (χ3v) is 7.29. The lowest BCUT2D eigenvalue weighted by Crippen LogP contribution is -2.48. The Labute approximate surface area is 221 Å². The van der Waals surface area contributed by atoms with Crippen molar-refractivity contribution in [2.75, 3.05) is 32.7 Å². The predicted octanol–water partition coefficient (Wildman–Crippen LogP) is 5.46. The number of halogens is 1. The molecule has 0 aliphatic carbocycles. The lowest BCUT2D eigenvalue weighted by molar-refractivity contribution is 0.113. The van der Waals surface area contributed by atoms with Gasteiger partial charge >= 0.3 is 0 Å². The fourth-order valence-corrected chi connectivity index (χ4v) is 5.39. The summed E-state index contributed by atoms with van der Waals surface area (Å²) in [4.78, 5) is 5.01. The van der Waals surface area contributed by atoms with Crippen LogP contribution in [0.1, 0.15) is 34.1 Å². The highest BCUT2D eigenvalue weighted by Gasteiger charge is 2.31. The number of aryl methyl sites for hydroxylation is 2. The van der Waals surface area contributed by atoms with Crippen LogP contribution in [-0.2, 0) is 0 Å². The molecule has 0 spiro atoms. The molecule has 1 aliphatic heterocycles. The molecule has 5 rings (SSSR count). The molecule has 1 unspecified atom stereocenters. The third kappa shape index (κ3) is 5.48. The van der Waals surface area contributed by atoms with Gasteiger partial charge in [0.15, 0.2) is 5.82 Å². The Morgan fingerprint density at radius 2 is 1.61 bits per heavy atom. The van der Waals surface area contributed by atoms with Gasteiger partial charge < -0.3 is 0 Å². The highest BCUT2D eigenvalue weighted by atomic mass is 79.9. The average Bonchev–Trinajstić information content (AvgIpc) is 3.34. The smallest absolute Gasteiger partial charge is 0.178 e. The second kappa shape index (κ2) is 11.3. The molecule has 1 aliphatic rings. The first kappa shape index (κ1) is 24.6. The van der Waals surface area contributed by atoms with Gasteiger partial charge in [-0.05, 0) is 58.7 Å². The van der Waals surface area contributed by atoms with Gasteiger partial charge in [-0.2, -0.15) is 4.68 Å². The van der Waals surface area contributed by atoms with Crippen LogP contribution in [0.2, 0.25) is 0 Å². The summed E-state index contributed by atoms with van der Waals surface area (Å²) in [6, 6.07) is 25.2. The second-order valence-corrected chi connectivity index (χ2v) is 10.2. The van der Waals surface area contributed by atoms with Crippen molar-refractivity contribution < 1.29 is 0 Å². The minimum Gasteiger partial charge on any atom is -0.297 e. The predicted molar refractivity (Wildman–Crippen MR) is 148 cm³/mol. The topological polar surface area (TPSA) is 50.1 Å². The number of tetrazole rings is 1. The maximum absolute atomic E-state index is 4.58. The molecule has 0 radical (unpaired) electrons. The molecule has 1 aromatic heterocycles. The number of hydrogen-bond acceptors (Lipinski definition) is 5. The molecular weight excluding hydrogens is 512 g/mol. The highest BCUT2D eigenvalue weighted by Crippen LogP contribution is 2.32. The van der Waals surface area contributed by atoms with E-state index < -0.39 is 0 Å². The fraction of sp³-hybridized carbons (Fsp3) is 0.276. The maximum atomic E-state index is 4.58. The van der Waals surface area contributed by atoms with Gasteiger partial charge in [-0.15, -0.1) is 5.10 Å². The standard InChI is InChI=1S/C29H31BrN6/c1-22-9-6-10-23(2)27(22)36-29(31-32-33-36)28(25-14-7-15-26(30)21-25)35-19-17-34(18-20-35)16-8-13-24-11-4-3-5-12-24/h3-15,21,28H,16-20H2,1-2H3/b13-8+. The summed E-state index contributed by atoms with van der Waals surface area (Å²) in [6.07, 6.45) is 4.47. The summed E-state index contributed by atoms with van der Waals surface area (Å²) in [5, 5.41) is 13.2. The molecule has 36 heavy (non-hydrogen) atoms. The number of benzene rings is 3. The van der Waals surface area contributed by atoms with E-state index >= 15 is 0 Å². The van der Waals surface area contributed by atoms with Crippen LogP contribution >= 0.6 is 15.9 Å². The zero-order chi connectivity index (χ0) is 24.9. The van der Waals surface area contributed by atoms with E-state index in [-0.39, 0.29) is 6.04 Å². The van der Waals surface area contributed by atoms with Crippen LogP contribution in [0.4, 0.5) is 0 Å². The number of piperazine rings is 1. The Morgan fingerprint density at radius 1 is 0.889 bits per heavy atom. The van der Waals surface area contributed by atoms with Gasteiger partial charge in [-0.3, -0.25) is 9.80 Å². The van der Waals surface area contributed by atoms with Crippen LogP contribution in [0.15, 0.2) is 83.3 Å². The molecular formula is C29H31BrN6. The van der Waals surface area contributed by atoms with Crippen molar-refractivity contribution in [3.05, 3.63) is 111 Å². The van der Waals surface area contributed by atoms with Crippen LogP contribution in [0, 0.1) is 13.8 Å². The molecule has 3 aromatic carbocycles. The van der Waals surface area contributed by atoms with E-state index in [0.717, 1.165) is 59.8 Å². The molecule has 1 fully saturated rings. The van der Waals surface area contributed by atoms with Crippen molar-refractivity contribution in [1.82, 2.24) is 30.0 Å². The molecule has 4 aromatic rings. The van der Waals surface area contributed by atoms with E-state index in [4.69, 9.17) is 0 Å². The summed E-state index contributed by atoms with van der Waals surface area (Å²) >= 11 is 3.67. The Bertz CT molecular complexity index is 1300. The monoisotopic (exact) mass is 542 g/mol. The van der Waals surface area contributed by atoms with Gasteiger partial charge in [-0.1, -0.05) is 88.7 Å². The quantitative estimate of drug-likeness (QED) is 0.310. The van der Waals surface area contributed by atoms with Gasteiger partial charge in [0.05, 0.1) is 11.7 Å². The van der Waals surface area contributed by atoms with Crippen molar-refractivity contribution in [1.29, 1.82) is 0 Å². The number of hydrogen-bond donors (Lipinski definition) is 0. The zero-order valence-electron chi connectivity index (χ0n) is 20.8. The van der Waals surface area contributed by atoms with E-state index in [0.29, 0.717) is 0 Å². The van der Waals surface area contributed by atoms with Crippen molar-refractivity contribution >= 4 is 22.0 Å². The van der Waals surface area contributed by atoms with E-state index in [1.165, 1.54) is 11.1 Å². The lowest BCUT2D eigenvalue weighted by atomic mass is 10.0. The van der Waals surface area contributed by atoms with Crippen molar-refractivity contribution in [3.63, 3.8) is 0 Å². The summed E-state index contributed by atoms with van der Waals surface area (Å²) in [5.74, 6) is 0.850. The van der Waals surface area contributed by atoms with Crippen LogP contribution in [0.5, 0.6) is 0 Å². The molecule has 0 N–H and O–H groups in total. The summed E-state index contributed by atoms with van der Waals surface area (Å²) in [6.45, 7) is 9.05. The zero-order valence-corrected chi connectivity index (χ0v) is 22.3. The average molecular weight is 544 g/mol. The fourth-order valence-electron chi connectivity index (χ4n) is 4.97. The van der Waals surface area contributed by atoms with Crippen molar-refractivity contribution in [2.45, 2.75) is 19.9 Å². The largest absolute Gasteiger partial charge is 0.297 e. The molecule has 0 amide bonds. The molecule has 6 nitrogen and oxygen atoms in total. The van der Waals surface area contributed by atoms with Crippen LogP contribution in [0.25, 0.3) is 11.8 Å². The molecule has 0 saturated carbocycles. The first-order valence-electron chi connectivity index (χ1n) is 12.4. The third-order valence-electron chi connectivity index (χ3n) is 6.80. The second-order valence-electron chi connectivity index (χ2n) is 9.30. The Kier molecular flexibility index (Phi) is 7.70. The minimum atomic E-state index is -0.0430. The molecule has 1 saturated heterocycles. The minimum absolute atomic E-state index is 0.0430. The van der Waals surface area contributed by atoms with Crippen LogP contribution < -0.4 is 0 Å². The van der Waals surface area contributed by atoms with Crippen LogP contribution in [-0.4, -0.2) is 62.7 Å². The summed E-state index contributed by atoms with van der Waals surface area (Å²) in [5.41, 5.74) is 5.80. The molecule has 7 heteroatoms. The van der Waals surface area contributed by atoms with Gasteiger partial charge in [-0.25, -0.2) is 0 Å². The van der Waals surface area contributed by atoms with Crippen molar-refractivity contribution in [3.8, 4) is 5.69 Å². The van der Waals surface area contributed by atoms with E-state index in [1.807, 2.05) is 4.68 Å². The Morgan fingerprint density at radius 3 is 2.33 bits per heavy atom. The number of nitrogens with zero attached hydrogens (tertiary/aromatic N) is 6. The Balaban J connectivity index is 1.39. The number of aromatic nitrogens is 4. The molecule has 184 valence electrons. The molecule has 1 atom stereocenters. The number of rotatable bonds is 7. The van der Waals surface area contributed by atoms with Crippen LogP contribution in [0.3, 0.4) is 0 Å². The van der Waals surface area contributed by atoms with E-state index in [2.05, 4.69) is 140 Å². The molecule has 0 bridgehead atoms.